The number of ether oxygens (including phenoxy) is 1. The summed E-state index contributed by atoms with van der Waals surface area (Å²) in [6.45, 7) is 10.1. The van der Waals surface area contributed by atoms with Crippen molar-refractivity contribution in [3.8, 4) is 0 Å². The molecule has 0 rings (SSSR count). The van der Waals surface area contributed by atoms with E-state index in [0.717, 1.165) is 0 Å². The van der Waals surface area contributed by atoms with Gasteiger partial charge in [-0.05, 0) is 13.0 Å². The number of hydrogen-bond acceptors (Lipinski definition) is 2. The minimum Gasteiger partial charge on any atom is -0.459 e. The van der Waals surface area contributed by atoms with Crippen molar-refractivity contribution < 1.29 is 9.53 Å². The third-order valence-electron chi connectivity index (χ3n) is 1.44. The van der Waals surface area contributed by atoms with E-state index in [9.17, 15) is 4.79 Å². The molecule has 1 atom stereocenters. The molecule has 0 N–H and O–H groups in total. The van der Waals surface area contributed by atoms with Crippen LogP contribution in [0.2, 0.25) is 19.6 Å². The molecule has 0 aliphatic heterocycles. The van der Waals surface area contributed by atoms with Crippen LogP contribution in [-0.2, 0) is 9.53 Å². The molecule has 3 heteroatoms. The number of rotatable bonds is 4. The van der Waals surface area contributed by atoms with Crippen molar-refractivity contribution in [2.45, 2.75) is 39.6 Å². The quantitative estimate of drug-likeness (QED) is 0.407. The summed E-state index contributed by atoms with van der Waals surface area (Å²) in [5, 5.41) is 0. The lowest BCUT2D eigenvalue weighted by Gasteiger charge is -2.07. The molecule has 0 aliphatic rings. The van der Waals surface area contributed by atoms with Gasteiger partial charge in [0.15, 0.2) is 0 Å². The van der Waals surface area contributed by atoms with Crippen molar-refractivity contribution in [1.29, 1.82) is 0 Å². The molecule has 80 valence electrons. The van der Waals surface area contributed by atoms with E-state index in [1.807, 2.05) is 25.2 Å². The lowest BCUT2D eigenvalue weighted by Crippen LogP contribution is -2.15. The Morgan fingerprint density at radius 2 is 1.86 bits per heavy atom. The van der Waals surface area contributed by atoms with Gasteiger partial charge in [0.1, 0.15) is 6.10 Å². The molecule has 0 amide bonds. The van der Waals surface area contributed by atoms with E-state index in [-0.39, 0.29) is 12.1 Å². The zero-order valence-corrected chi connectivity index (χ0v) is 10.7. The van der Waals surface area contributed by atoms with Crippen LogP contribution in [0.4, 0.5) is 0 Å². The van der Waals surface area contributed by atoms with E-state index in [2.05, 4.69) is 25.3 Å². The topological polar surface area (TPSA) is 26.3 Å². The highest BCUT2D eigenvalue weighted by Crippen LogP contribution is 2.02. The maximum atomic E-state index is 10.6. The number of allylic oxidation sites excluding steroid dienone is 2. The molecule has 0 spiro atoms. The number of hydrogen-bond donors (Lipinski definition) is 0. The van der Waals surface area contributed by atoms with Crippen molar-refractivity contribution in [1.82, 2.24) is 0 Å². The normalized spacial score (nSPS) is 14.9. The maximum Gasteiger partial charge on any atom is 0.303 e. The molecule has 14 heavy (non-hydrogen) atoms. The fourth-order valence-electron chi connectivity index (χ4n) is 0.866. The van der Waals surface area contributed by atoms with E-state index in [0.29, 0.717) is 0 Å². The lowest BCUT2D eigenvalue weighted by atomic mass is 10.3. The zero-order chi connectivity index (χ0) is 11.2. The standard InChI is InChI=1S/C11H20O2Si/c1-10(13-11(2)12)8-6-7-9-14(3,4)5/h6-10H,1-5H3/b8-6+,9-7+/t10-/m1/s1. The molecule has 0 aromatic rings. The zero-order valence-electron chi connectivity index (χ0n) is 9.70. The van der Waals surface area contributed by atoms with Gasteiger partial charge in [0.25, 0.3) is 0 Å². The van der Waals surface area contributed by atoms with Gasteiger partial charge in [-0.25, -0.2) is 0 Å². The largest absolute Gasteiger partial charge is 0.459 e. The molecule has 0 aromatic carbocycles. The van der Waals surface area contributed by atoms with Gasteiger partial charge in [0.2, 0.25) is 0 Å². The minimum absolute atomic E-state index is 0.140. The highest BCUT2D eigenvalue weighted by molar-refractivity contribution is 6.80. The Bertz CT molecular complexity index is 236. The molecular weight excluding hydrogens is 192 g/mol. The second-order valence-electron chi connectivity index (χ2n) is 4.42. The van der Waals surface area contributed by atoms with Crippen LogP contribution in [0.3, 0.4) is 0 Å². The third kappa shape index (κ3) is 9.26. The van der Waals surface area contributed by atoms with Crippen LogP contribution in [0, 0.1) is 0 Å². The van der Waals surface area contributed by atoms with E-state index in [4.69, 9.17) is 4.74 Å². The first-order valence-electron chi connectivity index (χ1n) is 4.84. The van der Waals surface area contributed by atoms with Crippen molar-refractivity contribution >= 4 is 14.0 Å². The van der Waals surface area contributed by atoms with Crippen LogP contribution in [0.5, 0.6) is 0 Å². The Hall–Kier alpha value is -0.833. The average molecular weight is 212 g/mol. The van der Waals surface area contributed by atoms with Gasteiger partial charge in [-0.1, -0.05) is 37.5 Å². The molecule has 0 bridgehead atoms. The number of esters is 1. The van der Waals surface area contributed by atoms with E-state index < -0.39 is 8.07 Å². The first kappa shape index (κ1) is 13.2. The van der Waals surface area contributed by atoms with Gasteiger partial charge in [0.05, 0.1) is 8.07 Å². The summed E-state index contributed by atoms with van der Waals surface area (Å²) in [6.07, 6.45) is 5.70. The predicted molar refractivity (Wildman–Crippen MR) is 62.9 cm³/mol. The third-order valence-corrected chi connectivity index (χ3v) is 2.63. The van der Waals surface area contributed by atoms with E-state index in [1.54, 1.807) is 0 Å². The van der Waals surface area contributed by atoms with Gasteiger partial charge in [-0.3, -0.25) is 4.79 Å². The summed E-state index contributed by atoms with van der Waals surface area (Å²) in [5.74, 6) is -0.240. The van der Waals surface area contributed by atoms with Crippen LogP contribution in [-0.4, -0.2) is 20.1 Å². The van der Waals surface area contributed by atoms with Crippen molar-refractivity contribution in [3.05, 3.63) is 23.9 Å². The highest BCUT2D eigenvalue weighted by Gasteiger charge is 2.05. The Morgan fingerprint density at radius 1 is 1.29 bits per heavy atom. The van der Waals surface area contributed by atoms with Gasteiger partial charge in [-0.15, -0.1) is 0 Å². The predicted octanol–water partition coefficient (Wildman–Crippen LogP) is 2.93. The average Bonchev–Trinajstić information content (AvgIpc) is 1.95. The fraction of sp³-hybridized carbons (Fsp3) is 0.545. The Kier molecular flexibility index (Phi) is 5.46. The maximum absolute atomic E-state index is 10.6. The highest BCUT2D eigenvalue weighted by atomic mass is 28.3. The molecular formula is C11H20O2Si. The fourth-order valence-corrected chi connectivity index (χ4v) is 1.55. The molecule has 0 heterocycles. The number of carbonyl (C=O) groups is 1. The van der Waals surface area contributed by atoms with Crippen molar-refractivity contribution in [2.24, 2.45) is 0 Å². The number of carbonyl (C=O) groups excluding carboxylic acids is 1. The second kappa shape index (κ2) is 5.80. The van der Waals surface area contributed by atoms with Gasteiger partial charge in [0, 0.05) is 6.92 Å². The van der Waals surface area contributed by atoms with Crippen molar-refractivity contribution in [2.75, 3.05) is 0 Å². The molecule has 0 radical (unpaired) electrons. The van der Waals surface area contributed by atoms with Crippen LogP contribution in [0.1, 0.15) is 13.8 Å². The SMILES string of the molecule is CC(=O)O[C@H](C)/C=C/C=C/[Si](C)(C)C. The Balaban J connectivity index is 3.94. The summed E-state index contributed by atoms with van der Waals surface area (Å²) in [7, 11) is -1.10. The minimum atomic E-state index is -1.10. The molecule has 0 fully saturated rings. The Morgan fingerprint density at radius 3 is 2.29 bits per heavy atom. The molecule has 0 saturated carbocycles. The second-order valence-corrected chi connectivity index (χ2v) is 9.49. The van der Waals surface area contributed by atoms with Gasteiger partial charge >= 0.3 is 5.97 Å². The monoisotopic (exact) mass is 212 g/mol. The smallest absolute Gasteiger partial charge is 0.303 e. The Labute approximate surface area is 87.7 Å². The summed E-state index contributed by atoms with van der Waals surface area (Å²) in [6, 6.07) is 0. The summed E-state index contributed by atoms with van der Waals surface area (Å²) in [4.78, 5) is 10.6. The summed E-state index contributed by atoms with van der Waals surface area (Å²) >= 11 is 0. The lowest BCUT2D eigenvalue weighted by molar-refractivity contribution is -0.143. The van der Waals surface area contributed by atoms with Crippen LogP contribution in [0.25, 0.3) is 0 Å². The summed E-state index contributed by atoms with van der Waals surface area (Å²) in [5.41, 5.74) is 2.24. The molecule has 0 aromatic heterocycles. The van der Waals surface area contributed by atoms with Crippen LogP contribution in [0.15, 0.2) is 23.9 Å². The summed E-state index contributed by atoms with van der Waals surface area (Å²) < 4.78 is 4.93. The van der Waals surface area contributed by atoms with E-state index in [1.165, 1.54) is 6.92 Å². The van der Waals surface area contributed by atoms with Crippen molar-refractivity contribution in [3.63, 3.8) is 0 Å². The van der Waals surface area contributed by atoms with Crippen LogP contribution < -0.4 is 0 Å². The first-order chi connectivity index (χ1) is 6.31. The molecule has 0 unspecified atom stereocenters. The van der Waals surface area contributed by atoms with Gasteiger partial charge in [-0.2, -0.15) is 0 Å². The molecule has 2 nitrogen and oxygen atoms in total. The van der Waals surface area contributed by atoms with Crippen LogP contribution >= 0.6 is 0 Å². The van der Waals surface area contributed by atoms with Gasteiger partial charge < -0.3 is 4.74 Å². The molecule has 0 saturated heterocycles. The molecule has 0 aliphatic carbocycles. The first-order valence-corrected chi connectivity index (χ1v) is 8.42. The van der Waals surface area contributed by atoms with E-state index >= 15 is 0 Å².